The largest absolute Gasteiger partial charge is 0.491 e. The summed E-state index contributed by atoms with van der Waals surface area (Å²) >= 11 is 0. The van der Waals surface area contributed by atoms with Gasteiger partial charge >= 0.3 is 0 Å². The van der Waals surface area contributed by atoms with Gasteiger partial charge in [0.15, 0.2) is 0 Å². The van der Waals surface area contributed by atoms with Crippen molar-refractivity contribution in [2.24, 2.45) is 0 Å². The van der Waals surface area contributed by atoms with E-state index in [0.29, 0.717) is 13.2 Å². The van der Waals surface area contributed by atoms with Crippen LogP contribution in [0.4, 0.5) is 11.5 Å². The molecule has 4 rings (SSSR count). The van der Waals surface area contributed by atoms with Crippen molar-refractivity contribution in [2.45, 2.75) is 0 Å². The van der Waals surface area contributed by atoms with Gasteiger partial charge in [-0.15, -0.1) is 0 Å². The summed E-state index contributed by atoms with van der Waals surface area (Å²) in [6.07, 6.45) is 5.49. The van der Waals surface area contributed by atoms with Gasteiger partial charge in [-0.05, 0) is 30.3 Å². The minimum absolute atomic E-state index is 0.535. The molecular weight excluding hydrogens is 330 g/mol. The van der Waals surface area contributed by atoms with Gasteiger partial charge in [0.25, 0.3) is 0 Å². The van der Waals surface area contributed by atoms with Crippen LogP contribution in [0.5, 0.6) is 5.75 Å². The number of pyridine rings is 1. The van der Waals surface area contributed by atoms with E-state index in [4.69, 9.17) is 9.47 Å². The Bertz CT molecular complexity index is 977. The molecule has 0 amide bonds. The average Bonchev–Trinajstić information content (AvgIpc) is 3.32. The lowest BCUT2D eigenvalue weighted by atomic mass is 10.2. The summed E-state index contributed by atoms with van der Waals surface area (Å²) in [4.78, 5) is 7.87. The van der Waals surface area contributed by atoms with E-state index in [9.17, 15) is 0 Å². The number of hydrogen-bond acceptors (Lipinski definition) is 5. The van der Waals surface area contributed by atoms with Crippen molar-refractivity contribution in [1.29, 1.82) is 0 Å². The van der Waals surface area contributed by atoms with Gasteiger partial charge in [0.1, 0.15) is 18.2 Å². The normalized spacial score (nSPS) is 11.0. The van der Waals surface area contributed by atoms with Gasteiger partial charge in [-0.2, -0.15) is 5.10 Å². The maximum Gasteiger partial charge on any atom is 0.132 e. The fourth-order valence-corrected chi connectivity index (χ4v) is 2.67. The smallest absolute Gasteiger partial charge is 0.132 e. The molecule has 0 bridgehead atoms. The maximum absolute atomic E-state index is 5.57. The molecule has 0 aliphatic carbocycles. The predicted octanol–water partition coefficient (Wildman–Crippen LogP) is 3.72. The number of ether oxygens (including phenoxy) is 2. The van der Waals surface area contributed by atoms with Crippen LogP contribution in [0, 0.1) is 0 Å². The highest BCUT2D eigenvalue weighted by atomic mass is 16.5. The van der Waals surface area contributed by atoms with E-state index in [1.165, 1.54) is 0 Å². The average molecular weight is 349 g/mol. The number of aromatic amines is 2. The molecule has 0 unspecified atom stereocenters. The van der Waals surface area contributed by atoms with E-state index < -0.39 is 0 Å². The van der Waals surface area contributed by atoms with Gasteiger partial charge in [0, 0.05) is 47.9 Å². The number of rotatable bonds is 7. The quantitative estimate of drug-likeness (QED) is 0.443. The van der Waals surface area contributed by atoms with Crippen LogP contribution in [0.15, 0.2) is 55.0 Å². The monoisotopic (exact) mass is 349 g/mol. The minimum Gasteiger partial charge on any atom is -0.491 e. The Morgan fingerprint density at radius 3 is 2.73 bits per heavy atom. The van der Waals surface area contributed by atoms with E-state index in [-0.39, 0.29) is 0 Å². The summed E-state index contributed by atoms with van der Waals surface area (Å²) in [5.74, 6) is 1.58. The molecule has 0 aliphatic rings. The van der Waals surface area contributed by atoms with Gasteiger partial charge < -0.3 is 19.8 Å². The van der Waals surface area contributed by atoms with Crippen LogP contribution in [-0.2, 0) is 4.74 Å². The zero-order chi connectivity index (χ0) is 17.8. The summed E-state index contributed by atoms with van der Waals surface area (Å²) in [6.45, 7) is 1.11. The van der Waals surface area contributed by atoms with E-state index in [1.807, 2.05) is 42.7 Å². The Hall–Kier alpha value is -3.32. The molecule has 0 saturated heterocycles. The lowest BCUT2D eigenvalue weighted by Gasteiger charge is -2.08. The van der Waals surface area contributed by atoms with Crippen molar-refractivity contribution in [1.82, 2.24) is 20.2 Å². The molecule has 0 aliphatic heterocycles. The molecule has 3 heterocycles. The molecule has 7 nitrogen and oxygen atoms in total. The maximum atomic E-state index is 5.57. The fraction of sp³-hybridized carbons (Fsp3) is 0.158. The van der Waals surface area contributed by atoms with Crippen LogP contribution in [-0.4, -0.2) is 40.5 Å². The number of methoxy groups -OCH3 is 1. The minimum atomic E-state index is 0.535. The van der Waals surface area contributed by atoms with Crippen molar-refractivity contribution in [2.75, 3.05) is 25.6 Å². The Labute approximate surface area is 150 Å². The van der Waals surface area contributed by atoms with Crippen molar-refractivity contribution in [3.8, 4) is 17.0 Å². The fourth-order valence-electron chi connectivity index (χ4n) is 2.67. The molecule has 3 aromatic heterocycles. The number of hydrogen-bond donors (Lipinski definition) is 3. The van der Waals surface area contributed by atoms with Gasteiger partial charge in [0.2, 0.25) is 0 Å². The SMILES string of the molecule is COCCOc1ccc(Nc2cc3[nH]c(-c4cn[nH]c4)cc3cn2)cc1. The number of nitrogens with zero attached hydrogens (tertiary/aromatic N) is 2. The summed E-state index contributed by atoms with van der Waals surface area (Å²) in [7, 11) is 1.66. The van der Waals surface area contributed by atoms with Gasteiger partial charge in [0.05, 0.1) is 18.3 Å². The third-order valence-corrected chi connectivity index (χ3v) is 4.00. The third kappa shape index (κ3) is 3.52. The first-order chi connectivity index (χ1) is 12.8. The zero-order valence-corrected chi connectivity index (χ0v) is 14.3. The molecule has 1 aromatic carbocycles. The van der Waals surface area contributed by atoms with E-state index in [0.717, 1.165) is 39.4 Å². The second kappa shape index (κ2) is 7.28. The highest BCUT2D eigenvalue weighted by Crippen LogP contribution is 2.26. The standard InChI is InChI=1S/C19H19N5O2/c1-25-6-7-26-16-4-2-15(3-5-16)23-19-9-18-13(10-20-19)8-17(24-18)14-11-21-22-12-14/h2-5,8-12,24H,6-7H2,1H3,(H,20,23)(H,21,22). The van der Waals surface area contributed by atoms with E-state index in [1.54, 1.807) is 13.3 Å². The summed E-state index contributed by atoms with van der Waals surface area (Å²) in [5.41, 5.74) is 3.97. The second-order valence-electron chi connectivity index (χ2n) is 5.82. The first kappa shape index (κ1) is 16.2. The number of anilines is 2. The second-order valence-corrected chi connectivity index (χ2v) is 5.82. The van der Waals surface area contributed by atoms with E-state index in [2.05, 4.69) is 31.5 Å². The predicted molar refractivity (Wildman–Crippen MR) is 101 cm³/mol. The van der Waals surface area contributed by atoms with Crippen molar-refractivity contribution < 1.29 is 9.47 Å². The third-order valence-electron chi connectivity index (χ3n) is 4.00. The van der Waals surface area contributed by atoms with E-state index >= 15 is 0 Å². The van der Waals surface area contributed by atoms with Crippen LogP contribution in [0.3, 0.4) is 0 Å². The molecule has 132 valence electrons. The molecule has 26 heavy (non-hydrogen) atoms. The molecule has 7 heteroatoms. The molecule has 0 saturated carbocycles. The molecule has 0 radical (unpaired) electrons. The van der Waals surface area contributed by atoms with Crippen molar-refractivity contribution in [3.63, 3.8) is 0 Å². The zero-order valence-electron chi connectivity index (χ0n) is 14.3. The van der Waals surface area contributed by atoms with Gasteiger partial charge in [-0.25, -0.2) is 4.98 Å². The first-order valence-electron chi connectivity index (χ1n) is 8.28. The molecular formula is C19H19N5O2. The Balaban J connectivity index is 1.48. The van der Waals surface area contributed by atoms with Crippen LogP contribution < -0.4 is 10.1 Å². The number of fused-ring (bicyclic) bond motifs is 1. The number of nitrogens with one attached hydrogen (secondary N) is 3. The highest BCUT2D eigenvalue weighted by Gasteiger charge is 2.06. The number of aromatic nitrogens is 4. The molecule has 4 aromatic rings. The van der Waals surface area contributed by atoms with Crippen molar-refractivity contribution >= 4 is 22.4 Å². The van der Waals surface area contributed by atoms with Crippen LogP contribution >= 0.6 is 0 Å². The molecule has 3 N–H and O–H groups in total. The Kier molecular flexibility index (Phi) is 4.53. The van der Waals surface area contributed by atoms with Gasteiger partial charge in [-0.1, -0.05) is 0 Å². The lowest BCUT2D eigenvalue weighted by molar-refractivity contribution is 0.146. The Morgan fingerprint density at radius 1 is 1.08 bits per heavy atom. The number of benzene rings is 1. The summed E-state index contributed by atoms with van der Waals surface area (Å²) in [5, 5.41) is 11.2. The lowest BCUT2D eigenvalue weighted by Crippen LogP contribution is -2.04. The van der Waals surface area contributed by atoms with Crippen LogP contribution in [0.2, 0.25) is 0 Å². The molecule has 0 spiro atoms. The topological polar surface area (TPSA) is 87.9 Å². The van der Waals surface area contributed by atoms with Crippen molar-refractivity contribution in [3.05, 3.63) is 55.0 Å². The summed E-state index contributed by atoms with van der Waals surface area (Å²) in [6, 6.07) is 11.8. The summed E-state index contributed by atoms with van der Waals surface area (Å²) < 4.78 is 10.5. The highest BCUT2D eigenvalue weighted by molar-refractivity contribution is 5.87. The molecule has 0 atom stereocenters. The van der Waals surface area contributed by atoms with Crippen LogP contribution in [0.25, 0.3) is 22.2 Å². The van der Waals surface area contributed by atoms with Crippen LogP contribution in [0.1, 0.15) is 0 Å². The van der Waals surface area contributed by atoms with Gasteiger partial charge in [-0.3, -0.25) is 5.10 Å². The first-order valence-corrected chi connectivity index (χ1v) is 8.28. The molecule has 0 fully saturated rings. The Morgan fingerprint density at radius 2 is 1.96 bits per heavy atom. The number of H-pyrrole nitrogens is 2.